The summed E-state index contributed by atoms with van der Waals surface area (Å²) >= 11 is 0. The summed E-state index contributed by atoms with van der Waals surface area (Å²) in [6.45, 7) is 3.97. The van der Waals surface area contributed by atoms with E-state index in [0.717, 1.165) is 24.2 Å². The van der Waals surface area contributed by atoms with E-state index in [-0.39, 0.29) is 12.4 Å². The Hall–Kier alpha value is -1.35. The molecule has 2 nitrogen and oxygen atoms in total. The summed E-state index contributed by atoms with van der Waals surface area (Å²) in [5.41, 5.74) is 0.984. The van der Waals surface area contributed by atoms with Crippen LogP contribution in [0.25, 0.3) is 0 Å². The van der Waals surface area contributed by atoms with Crippen LogP contribution in [0.15, 0.2) is 60.7 Å². The zero-order chi connectivity index (χ0) is 14.4. The van der Waals surface area contributed by atoms with Crippen molar-refractivity contribution in [1.82, 2.24) is 4.90 Å². The summed E-state index contributed by atoms with van der Waals surface area (Å²) in [7, 11) is 2.08. The number of aliphatic hydroxyl groups is 1. The van der Waals surface area contributed by atoms with Crippen molar-refractivity contribution in [2.75, 3.05) is 20.1 Å². The third kappa shape index (κ3) is 4.31. The number of halogens is 1. The summed E-state index contributed by atoms with van der Waals surface area (Å²) in [6.07, 6.45) is 0.686. The molecule has 0 fully saturated rings. The van der Waals surface area contributed by atoms with Crippen LogP contribution >= 0.6 is 12.4 Å². The molecule has 0 spiro atoms. The lowest BCUT2D eigenvalue weighted by Crippen LogP contribution is -2.32. The second-order valence-corrected chi connectivity index (χ2v) is 5.24. The van der Waals surface area contributed by atoms with Crippen molar-refractivity contribution in [3.63, 3.8) is 0 Å². The molecule has 0 aliphatic rings. The summed E-state index contributed by atoms with van der Waals surface area (Å²) < 4.78 is 0. The smallest absolute Gasteiger partial charge is 0.116 e. The van der Waals surface area contributed by atoms with Crippen LogP contribution in [0.3, 0.4) is 0 Å². The van der Waals surface area contributed by atoms with E-state index in [4.69, 9.17) is 0 Å². The number of rotatable bonds is 6. The van der Waals surface area contributed by atoms with Crippen molar-refractivity contribution in [2.45, 2.75) is 18.9 Å². The Morgan fingerprint density at radius 2 is 1.33 bits per heavy atom. The lowest BCUT2D eigenvalue weighted by Gasteiger charge is -2.31. The predicted octanol–water partition coefficient (Wildman–Crippen LogP) is 3.69. The van der Waals surface area contributed by atoms with Gasteiger partial charge < -0.3 is 10.0 Å². The molecule has 114 valence electrons. The molecular weight excluding hydrogens is 282 g/mol. The molecule has 21 heavy (non-hydrogen) atoms. The van der Waals surface area contributed by atoms with Crippen LogP contribution < -0.4 is 0 Å². The van der Waals surface area contributed by atoms with Gasteiger partial charge in [-0.1, -0.05) is 67.6 Å². The standard InChI is InChI=1S/C18H23NO.ClH/c1-3-19(2)15-14-18(20,16-10-6-4-7-11-16)17-12-8-5-9-13-17;/h4-13,20H,3,14-15H2,1-2H3;1H. The molecule has 1 N–H and O–H groups in total. The third-order valence-corrected chi connectivity index (χ3v) is 3.90. The Labute approximate surface area is 133 Å². The Bertz CT molecular complexity index is 476. The maximum absolute atomic E-state index is 11.3. The van der Waals surface area contributed by atoms with Crippen molar-refractivity contribution in [1.29, 1.82) is 0 Å². The molecular formula is C18H24ClNO. The van der Waals surface area contributed by atoms with E-state index in [1.165, 1.54) is 0 Å². The first-order valence-corrected chi connectivity index (χ1v) is 7.19. The monoisotopic (exact) mass is 305 g/mol. The van der Waals surface area contributed by atoms with Crippen LogP contribution in [0.1, 0.15) is 24.5 Å². The zero-order valence-electron chi connectivity index (χ0n) is 12.7. The summed E-state index contributed by atoms with van der Waals surface area (Å²) in [6, 6.07) is 19.9. The van der Waals surface area contributed by atoms with E-state index >= 15 is 0 Å². The molecule has 0 saturated carbocycles. The van der Waals surface area contributed by atoms with E-state index in [1.54, 1.807) is 0 Å². The lowest BCUT2D eigenvalue weighted by molar-refractivity contribution is 0.0610. The van der Waals surface area contributed by atoms with E-state index in [1.807, 2.05) is 60.7 Å². The minimum atomic E-state index is -0.925. The van der Waals surface area contributed by atoms with Crippen LogP contribution in [0, 0.1) is 0 Å². The van der Waals surface area contributed by atoms with Gasteiger partial charge in [-0.15, -0.1) is 12.4 Å². The SMILES string of the molecule is CCN(C)CCC(O)(c1ccccc1)c1ccccc1.Cl. The van der Waals surface area contributed by atoms with Gasteiger partial charge >= 0.3 is 0 Å². The normalized spacial score (nSPS) is 11.2. The molecule has 2 aromatic carbocycles. The van der Waals surface area contributed by atoms with Gasteiger partial charge in [-0.25, -0.2) is 0 Å². The lowest BCUT2D eigenvalue weighted by atomic mass is 9.83. The van der Waals surface area contributed by atoms with Gasteiger partial charge in [0.15, 0.2) is 0 Å². The first-order chi connectivity index (χ1) is 9.66. The van der Waals surface area contributed by atoms with Gasteiger partial charge in [-0.2, -0.15) is 0 Å². The van der Waals surface area contributed by atoms with Crippen molar-refractivity contribution in [2.24, 2.45) is 0 Å². The Balaban J connectivity index is 0.00000220. The molecule has 3 heteroatoms. The zero-order valence-corrected chi connectivity index (χ0v) is 13.5. The molecule has 0 amide bonds. The number of hydrogen-bond acceptors (Lipinski definition) is 2. The van der Waals surface area contributed by atoms with E-state index in [9.17, 15) is 5.11 Å². The fraction of sp³-hybridized carbons (Fsp3) is 0.333. The van der Waals surface area contributed by atoms with Gasteiger partial charge in [-0.3, -0.25) is 0 Å². The molecule has 0 heterocycles. The molecule has 2 aromatic rings. The highest BCUT2D eigenvalue weighted by Gasteiger charge is 2.31. The van der Waals surface area contributed by atoms with Gasteiger partial charge in [0.25, 0.3) is 0 Å². The molecule has 2 rings (SSSR count). The average molecular weight is 306 g/mol. The molecule has 0 aliphatic heterocycles. The third-order valence-electron chi connectivity index (χ3n) is 3.90. The van der Waals surface area contributed by atoms with E-state index in [0.29, 0.717) is 6.42 Å². The van der Waals surface area contributed by atoms with Gasteiger partial charge in [0, 0.05) is 6.54 Å². The second kappa shape index (κ2) is 8.18. The second-order valence-electron chi connectivity index (χ2n) is 5.24. The minimum Gasteiger partial charge on any atom is -0.380 e. The van der Waals surface area contributed by atoms with Crippen LogP contribution in [0.5, 0.6) is 0 Å². The topological polar surface area (TPSA) is 23.5 Å². The minimum absolute atomic E-state index is 0. The van der Waals surface area contributed by atoms with Gasteiger partial charge in [0.05, 0.1) is 0 Å². The Kier molecular flexibility index (Phi) is 6.90. The average Bonchev–Trinajstić information content (AvgIpc) is 2.54. The first-order valence-electron chi connectivity index (χ1n) is 7.19. The number of nitrogens with zero attached hydrogens (tertiary/aromatic N) is 1. The van der Waals surface area contributed by atoms with Crippen LogP contribution in [-0.2, 0) is 5.60 Å². The van der Waals surface area contributed by atoms with E-state index in [2.05, 4.69) is 18.9 Å². The largest absolute Gasteiger partial charge is 0.380 e. The van der Waals surface area contributed by atoms with Gasteiger partial charge in [0.2, 0.25) is 0 Å². The molecule has 0 saturated heterocycles. The molecule has 0 unspecified atom stereocenters. The van der Waals surface area contributed by atoms with Crippen LogP contribution in [0.2, 0.25) is 0 Å². The van der Waals surface area contributed by atoms with Crippen LogP contribution in [0.4, 0.5) is 0 Å². The fourth-order valence-corrected chi connectivity index (χ4v) is 2.39. The number of hydrogen-bond donors (Lipinski definition) is 1. The molecule has 0 aliphatic carbocycles. The highest BCUT2D eigenvalue weighted by Crippen LogP contribution is 2.32. The predicted molar refractivity (Wildman–Crippen MR) is 90.9 cm³/mol. The maximum atomic E-state index is 11.3. The quantitative estimate of drug-likeness (QED) is 0.880. The molecule has 0 radical (unpaired) electrons. The van der Waals surface area contributed by atoms with E-state index < -0.39 is 5.60 Å². The molecule has 0 bridgehead atoms. The highest BCUT2D eigenvalue weighted by molar-refractivity contribution is 5.85. The van der Waals surface area contributed by atoms with Crippen molar-refractivity contribution in [3.05, 3.63) is 71.8 Å². The Morgan fingerprint density at radius 3 is 1.71 bits per heavy atom. The van der Waals surface area contributed by atoms with Gasteiger partial charge in [-0.05, 0) is 31.1 Å². The van der Waals surface area contributed by atoms with Crippen molar-refractivity contribution in [3.8, 4) is 0 Å². The highest BCUT2D eigenvalue weighted by atomic mass is 35.5. The van der Waals surface area contributed by atoms with Gasteiger partial charge in [0.1, 0.15) is 5.60 Å². The summed E-state index contributed by atoms with van der Waals surface area (Å²) in [5, 5.41) is 11.3. The maximum Gasteiger partial charge on any atom is 0.116 e. The number of benzene rings is 2. The molecule has 0 atom stereocenters. The molecule has 0 aromatic heterocycles. The van der Waals surface area contributed by atoms with Crippen molar-refractivity contribution < 1.29 is 5.11 Å². The van der Waals surface area contributed by atoms with Crippen molar-refractivity contribution >= 4 is 12.4 Å². The summed E-state index contributed by atoms with van der Waals surface area (Å²) in [4.78, 5) is 2.22. The van der Waals surface area contributed by atoms with Crippen LogP contribution in [-0.4, -0.2) is 30.1 Å². The summed E-state index contributed by atoms with van der Waals surface area (Å²) in [5.74, 6) is 0. The Morgan fingerprint density at radius 1 is 0.905 bits per heavy atom. The first kappa shape index (κ1) is 17.7. The fourth-order valence-electron chi connectivity index (χ4n) is 2.39.